The van der Waals surface area contributed by atoms with Crippen molar-refractivity contribution in [1.82, 2.24) is 0 Å². The van der Waals surface area contributed by atoms with E-state index in [9.17, 15) is 20.0 Å². The number of rotatable bonds is 7. The van der Waals surface area contributed by atoms with Gasteiger partial charge in [-0.2, -0.15) is 0 Å². The quantitative estimate of drug-likeness (QED) is 0.473. The summed E-state index contributed by atoms with van der Waals surface area (Å²) in [6, 6.07) is 7.77. The van der Waals surface area contributed by atoms with Crippen LogP contribution in [0.3, 0.4) is 0 Å². The molecule has 21 heavy (non-hydrogen) atoms. The number of carbonyl (C=O) groups excluding carboxylic acids is 1. The molecule has 116 valence electrons. The monoisotopic (exact) mass is 295 g/mol. The fourth-order valence-electron chi connectivity index (χ4n) is 2.33. The van der Waals surface area contributed by atoms with E-state index in [1.807, 2.05) is 6.07 Å². The van der Waals surface area contributed by atoms with E-state index in [-0.39, 0.29) is 12.8 Å². The number of methoxy groups -OCH3 is 1. The molecule has 6 nitrogen and oxygen atoms in total. The molecule has 1 N–H and O–H groups in total. The van der Waals surface area contributed by atoms with E-state index >= 15 is 0 Å². The van der Waals surface area contributed by atoms with Gasteiger partial charge < -0.3 is 9.84 Å². The summed E-state index contributed by atoms with van der Waals surface area (Å²) in [5.41, 5.74) is -0.351. The van der Waals surface area contributed by atoms with Gasteiger partial charge in [-0.15, -0.1) is 0 Å². The molecule has 0 aliphatic carbocycles. The van der Waals surface area contributed by atoms with Crippen LogP contribution in [-0.2, 0) is 9.53 Å². The van der Waals surface area contributed by atoms with Crippen LogP contribution in [-0.4, -0.2) is 34.8 Å². The molecule has 0 fully saturated rings. The summed E-state index contributed by atoms with van der Waals surface area (Å²) in [4.78, 5) is 22.3. The van der Waals surface area contributed by atoms with Gasteiger partial charge in [0.25, 0.3) is 0 Å². The Morgan fingerprint density at radius 3 is 2.38 bits per heavy atom. The second kappa shape index (κ2) is 7.17. The number of benzene rings is 1. The van der Waals surface area contributed by atoms with Crippen molar-refractivity contribution < 1.29 is 19.6 Å². The minimum atomic E-state index is -1.13. The Bertz CT molecular complexity index is 481. The van der Waals surface area contributed by atoms with E-state index in [2.05, 4.69) is 4.74 Å². The molecule has 1 aromatic rings. The lowest BCUT2D eigenvalue weighted by Crippen LogP contribution is -2.35. The van der Waals surface area contributed by atoms with Crippen LogP contribution in [0.25, 0.3) is 0 Å². The van der Waals surface area contributed by atoms with Crippen molar-refractivity contribution in [3.05, 3.63) is 46.0 Å². The summed E-state index contributed by atoms with van der Waals surface area (Å²) in [7, 11) is 1.20. The zero-order valence-electron chi connectivity index (χ0n) is 12.5. The van der Waals surface area contributed by atoms with Crippen LogP contribution in [0.5, 0.6) is 0 Å². The van der Waals surface area contributed by atoms with Gasteiger partial charge in [0.1, 0.15) is 6.42 Å². The van der Waals surface area contributed by atoms with Crippen LogP contribution in [0.15, 0.2) is 30.3 Å². The van der Waals surface area contributed by atoms with Crippen LogP contribution in [0.4, 0.5) is 0 Å². The van der Waals surface area contributed by atoms with Gasteiger partial charge in [0.15, 0.2) is 0 Å². The zero-order chi connectivity index (χ0) is 16.0. The van der Waals surface area contributed by atoms with Gasteiger partial charge in [0.2, 0.25) is 6.04 Å². The van der Waals surface area contributed by atoms with Gasteiger partial charge >= 0.3 is 5.97 Å². The highest BCUT2D eigenvalue weighted by Gasteiger charge is 2.38. The number of nitrogens with zero attached hydrogens (tertiary/aromatic N) is 1. The maximum atomic E-state index is 11.4. The highest BCUT2D eigenvalue weighted by Crippen LogP contribution is 2.32. The molecule has 0 aromatic heterocycles. The van der Waals surface area contributed by atoms with Crippen molar-refractivity contribution in [3.8, 4) is 0 Å². The standard InChI is InChI=1S/C15H21NO5/c1-15(2,18)10-12(11-7-5-4-6-8-11)13(16(19)20)9-14(17)21-3/h4-8,12-13,18H,9-10H2,1-3H3/t12-,13+/m0/s1. The largest absolute Gasteiger partial charge is 0.469 e. The molecule has 0 spiro atoms. The molecule has 0 unspecified atom stereocenters. The van der Waals surface area contributed by atoms with E-state index in [0.717, 1.165) is 5.56 Å². The van der Waals surface area contributed by atoms with E-state index in [0.29, 0.717) is 0 Å². The molecule has 0 saturated heterocycles. The number of ether oxygens (including phenoxy) is 1. The Morgan fingerprint density at radius 1 is 1.38 bits per heavy atom. The number of nitro groups is 1. The van der Waals surface area contributed by atoms with Gasteiger partial charge in [-0.3, -0.25) is 14.9 Å². The molecule has 2 atom stereocenters. The highest BCUT2D eigenvalue weighted by molar-refractivity contribution is 5.69. The van der Waals surface area contributed by atoms with Gasteiger partial charge in [-0.05, 0) is 25.8 Å². The van der Waals surface area contributed by atoms with E-state index < -0.39 is 28.5 Å². The summed E-state index contributed by atoms with van der Waals surface area (Å²) in [5.74, 6) is -1.20. The van der Waals surface area contributed by atoms with Gasteiger partial charge in [-0.25, -0.2) is 0 Å². The number of aliphatic hydroxyl groups is 1. The third-order valence-electron chi connectivity index (χ3n) is 3.29. The first-order chi connectivity index (χ1) is 9.74. The van der Waals surface area contributed by atoms with Gasteiger partial charge in [-0.1, -0.05) is 30.3 Å². The van der Waals surface area contributed by atoms with E-state index in [4.69, 9.17) is 0 Å². The van der Waals surface area contributed by atoms with Crippen LogP contribution in [0, 0.1) is 10.1 Å². The van der Waals surface area contributed by atoms with Crippen molar-refractivity contribution in [2.75, 3.05) is 7.11 Å². The van der Waals surface area contributed by atoms with E-state index in [1.54, 1.807) is 38.1 Å². The molecule has 0 bridgehead atoms. The maximum absolute atomic E-state index is 11.4. The van der Waals surface area contributed by atoms with E-state index in [1.165, 1.54) is 7.11 Å². The number of carbonyl (C=O) groups is 1. The molecule has 6 heteroatoms. The number of hydrogen-bond acceptors (Lipinski definition) is 5. The minimum Gasteiger partial charge on any atom is -0.469 e. The summed E-state index contributed by atoms with van der Waals surface area (Å²) in [6.45, 7) is 3.19. The first kappa shape index (κ1) is 17.1. The molecule has 1 aromatic carbocycles. The summed E-state index contributed by atoms with van der Waals surface area (Å²) < 4.78 is 4.54. The van der Waals surface area contributed by atoms with Crippen LogP contribution < -0.4 is 0 Å². The van der Waals surface area contributed by atoms with Crippen LogP contribution in [0.2, 0.25) is 0 Å². The summed E-state index contributed by atoms with van der Waals surface area (Å²) >= 11 is 0. The second-order valence-corrected chi connectivity index (χ2v) is 5.67. The molecule has 0 aliphatic heterocycles. The van der Waals surface area contributed by atoms with Crippen molar-refractivity contribution in [3.63, 3.8) is 0 Å². The lowest BCUT2D eigenvalue weighted by Gasteiger charge is -2.27. The van der Waals surface area contributed by atoms with Crippen molar-refractivity contribution in [2.45, 2.75) is 44.2 Å². The second-order valence-electron chi connectivity index (χ2n) is 5.67. The number of hydrogen-bond donors (Lipinski definition) is 1. The Morgan fingerprint density at radius 2 is 1.95 bits per heavy atom. The first-order valence-corrected chi connectivity index (χ1v) is 6.72. The van der Waals surface area contributed by atoms with Gasteiger partial charge in [0, 0.05) is 4.92 Å². The molecular weight excluding hydrogens is 274 g/mol. The lowest BCUT2D eigenvalue weighted by atomic mass is 9.82. The number of esters is 1. The zero-order valence-corrected chi connectivity index (χ0v) is 12.5. The van der Waals surface area contributed by atoms with Crippen molar-refractivity contribution in [1.29, 1.82) is 0 Å². The fourth-order valence-corrected chi connectivity index (χ4v) is 2.33. The summed E-state index contributed by atoms with van der Waals surface area (Å²) in [6.07, 6.45) is -0.140. The molecule has 0 aliphatic rings. The Labute approximate surface area is 123 Å². The van der Waals surface area contributed by atoms with Gasteiger partial charge in [0.05, 0.1) is 18.6 Å². The smallest absolute Gasteiger partial charge is 0.312 e. The summed E-state index contributed by atoms with van der Waals surface area (Å²) in [5, 5.41) is 21.4. The maximum Gasteiger partial charge on any atom is 0.312 e. The Kier molecular flexibility index (Phi) is 5.84. The van der Waals surface area contributed by atoms with Crippen molar-refractivity contribution in [2.24, 2.45) is 0 Å². The predicted molar refractivity (Wildman–Crippen MR) is 77.5 cm³/mol. The first-order valence-electron chi connectivity index (χ1n) is 6.72. The minimum absolute atomic E-state index is 0.180. The highest BCUT2D eigenvalue weighted by atomic mass is 16.6. The topological polar surface area (TPSA) is 89.7 Å². The molecule has 0 radical (unpaired) electrons. The third-order valence-corrected chi connectivity index (χ3v) is 3.29. The molecule has 1 rings (SSSR count). The normalized spacial score (nSPS) is 14.3. The lowest BCUT2D eigenvalue weighted by molar-refractivity contribution is -0.526. The van der Waals surface area contributed by atoms with Crippen molar-refractivity contribution >= 4 is 5.97 Å². The SMILES string of the molecule is COC(=O)C[C@H]([C@@H](CC(C)(C)O)c1ccccc1)[N+](=O)[O-]. The predicted octanol–water partition coefficient (Wildman–Crippen LogP) is 2.14. The third kappa shape index (κ3) is 5.51. The molecule has 0 saturated carbocycles. The van der Waals surface area contributed by atoms with Crippen LogP contribution in [0.1, 0.15) is 38.2 Å². The average Bonchev–Trinajstić information content (AvgIpc) is 2.42. The fraction of sp³-hybridized carbons (Fsp3) is 0.533. The average molecular weight is 295 g/mol. The Balaban J connectivity index is 3.13. The Hall–Kier alpha value is -1.95. The molecular formula is C15H21NO5. The molecule has 0 amide bonds. The van der Waals surface area contributed by atoms with Crippen LogP contribution >= 0.6 is 0 Å². The molecule has 0 heterocycles.